The third-order valence-electron chi connectivity index (χ3n) is 4.18. The zero-order valence-corrected chi connectivity index (χ0v) is 14.7. The summed E-state index contributed by atoms with van der Waals surface area (Å²) in [5.74, 6) is 0.741. The minimum atomic E-state index is -4.57. The van der Waals surface area contributed by atoms with E-state index in [1.165, 1.54) is 0 Å². The standard InChI is InChI=1S/C14H15F3N4O2S2/c15-14(16,17)10-5-24-12(18-10)7-25(22,23)6-11-19-20-13(8-1-2-8)21(11)9-3-4-9/h5,8-9H,1-4,6-7H2. The first-order valence-electron chi connectivity index (χ1n) is 7.88. The zero-order valence-electron chi connectivity index (χ0n) is 13.0. The molecule has 0 saturated heterocycles. The molecule has 0 aliphatic heterocycles. The summed E-state index contributed by atoms with van der Waals surface area (Å²) < 4.78 is 64.5. The molecule has 0 radical (unpaired) electrons. The first-order valence-corrected chi connectivity index (χ1v) is 10.6. The Balaban J connectivity index is 1.53. The molecule has 0 bridgehead atoms. The summed E-state index contributed by atoms with van der Waals surface area (Å²) in [6, 6.07) is 0.257. The van der Waals surface area contributed by atoms with Crippen molar-refractivity contribution < 1.29 is 21.6 Å². The van der Waals surface area contributed by atoms with Gasteiger partial charge in [0.1, 0.15) is 28.2 Å². The summed E-state index contributed by atoms with van der Waals surface area (Å²) in [6.07, 6.45) is -0.532. The molecule has 25 heavy (non-hydrogen) atoms. The Hall–Kier alpha value is -1.49. The summed E-state index contributed by atoms with van der Waals surface area (Å²) in [4.78, 5) is 3.39. The molecule has 0 aromatic carbocycles. The molecule has 4 rings (SSSR count). The van der Waals surface area contributed by atoms with Gasteiger partial charge in [0, 0.05) is 17.3 Å². The van der Waals surface area contributed by atoms with E-state index < -0.39 is 27.5 Å². The van der Waals surface area contributed by atoms with Crippen molar-refractivity contribution in [3.63, 3.8) is 0 Å². The van der Waals surface area contributed by atoms with Crippen molar-refractivity contribution in [3.05, 3.63) is 27.7 Å². The fourth-order valence-corrected chi connectivity index (χ4v) is 5.26. The molecule has 2 saturated carbocycles. The molecule has 0 unspecified atom stereocenters. The van der Waals surface area contributed by atoms with Crippen molar-refractivity contribution >= 4 is 21.2 Å². The Morgan fingerprint density at radius 2 is 1.88 bits per heavy atom. The number of aromatic nitrogens is 4. The molecule has 0 amide bonds. The molecular formula is C14H15F3N4O2S2. The average molecular weight is 392 g/mol. The lowest BCUT2D eigenvalue weighted by Gasteiger charge is -2.08. The monoisotopic (exact) mass is 392 g/mol. The van der Waals surface area contributed by atoms with Gasteiger partial charge in [-0.05, 0) is 25.7 Å². The molecule has 2 heterocycles. The normalized spacial score (nSPS) is 18.7. The Labute approximate surface area is 146 Å². The van der Waals surface area contributed by atoms with E-state index in [1.54, 1.807) is 0 Å². The van der Waals surface area contributed by atoms with Crippen LogP contribution in [0.15, 0.2) is 5.38 Å². The topological polar surface area (TPSA) is 77.7 Å². The highest BCUT2D eigenvalue weighted by molar-refractivity contribution is 7.89. The Kier molecular flexibility index (Phi) is 3.91. The third-order valence-corrected chi connectivity index (χ3v) is 6.62. The molecular weight excluding hydrogens is 377 g/mol. The summed E-state index contributed by atoms with van der Waals surface area (Å²) in [5, 5.41) is 8.97. The fraction of sp³-hybridized carbons (Fsp3) is 0.643. The van der Waals surface area contributed by atoms with Gasteiger partial charge in [0.05, 0.1) is 0 Å². The number of halogens is 3. The van der Waals surface area contributed by atoms with E-state index in [0.29, 0.717) is 23.1 Å². The van der Waals surface area contributed by atoms with E-state index in [2.05, 4.69) is 15.2 Å². The number of nitrogens with zero attached hydrogens (tertiary/aromatic N) is 4. The maximum Gasteiger partial charge on any atom is 0.434 e. The molecule has 0 atom stereocenters. The molecule has 2 fully saturated rings. The summed E-state index contributed by atoms with van der Waals surface area (Å²) in [7, 11) is -3.68. The first kappa shape index (κ1) is 17.0. The molecule has 2 aliphatic rings. The molecule has 0 N–H and O–H groups in total. The van der Waals surface area contributed by atoms with Gasteiger partial charge in [-0.25, -0.2) is 13.4 Å². The van der Waals surface area contributed by atoms with Crippen LogP contribution < -0.4 is 0 Å². The van der Waals surface area contributed by atoms with Crippen molar-refractivity contribution in [1.29, 1.82) is 0 Å². The average Bonchev–Trinajstić information content (AvgIpc) is 3.42. The van der Waals surface area contributed by atoms with Crippen LogP contribution in [0.4, 0.5) is 13.2 Å². The predicted octanol–water partition coefficient (Wildman–Crippen LogP) is 3.08. The van der Waals surface area contributed by atoms with Gasteiger partial charge in [-0.3, -0.25) is 0 Å². The van der Waals surface area contributed by atoms with Gasteiger partial charge in [0.25, 0.3) is 0 Å². The molecule has 0 spiro atoms. The van der Waals surface area contributed by atoms with Crippen LogP contribution in [0.3, 0.4) is 0 Å². The minimum Gasteiger partial charge on any atom is -0.311 e. The third kappa shape index (κ3) is 3.71. The second kappa shape index (κ2) is 5.76. The molecule has 6 nitrogen and oxygen atoms in total. The Bertz CT molecular complexity index is 896. The van der Waals surface area contributed by atoms with E-state index in [4.69, 9.17) is 0 Å². The minimum absolute atomic E-state index is 0.0628. The van der Waals surface area contributed by atoms with E-state index in [1.807, 2.05) is 4.57 Å². The lowest BCUT2D eigenvalue weighted by Crippen LogP contribution is -2.14. The number of hydrogen-bond donors (Lipinski definition) is 0. The lowest BCUT2D eigenvalue weighted by molar-refractivity contribution is -0.140. The number of thiazole rings is 1. The summed E-state index contributed by atoms with van der Waals surface area (Å²) >= 11 is 0.704. The van der Waals surface area contributed by atoms with E-state index in [-0.39, 0.29) is 16.8 Å². The van der Waals surface area contributed by atoms with E-state index >= 15 is 0 Å². The van der Waals surface area contributed by atoms with Gasteiger partial charge in [0.15, 0.2) is 15.5 Å². The van der Waals surface area contributed by atoms with Gasteiger partial charge >= 0.3 is 6.18 Å². The van der Waals surface area contributed by atoms with Crippen molar-refractivity contribution in [2.24, 2.45) is 0 Å². The number of hydrogen-bond acceptors (Lipinski definition) is 6. The van der Waals surface area contributed by atoms with Crippen molar-refractivity contribution in [1.82, 2.24) is 19.7 Å². The van der Waals surface area contributed by atoms with Crippen LogP contribution in [0.25, 0.3) is 0 Å². The highest BCUT2D eigenvalue weighted by Gasteiger charge is 2.37. The van der Waals surface area contributed by atoms with Gasteiger partial charge in [0.2, 0.25) is 0 Å². The first-order chi connectivity index (χ1) is 11.7. The number of rotatable bonds is 6. The molecule has 2 aliphatic carbocycles. The van der Waals surface area contributed by atoms with Crippen molar-refractivity contribution in [3.8, 4) is 0 Å². The predicted molar refractivity (Wildman–Crippen MR) is 83.7 cm³/mol. The molecule has 2 aromatic heterocycles. The van der Waals surface area contributed by atoms with Gasteiger partial charge < -0.3 is 4.57 Å². The summed E-state index contributed by atoms with van der Waals surface area (Å²) in [6.45, 7) is 0. The van der Waals surface area contributed by atoms with Crippen LogP contribution in [0.5, 0.6) is 0 Å². The SMILES string of the molecule is O=S(=O)(Cc1nc(C(F)(F)F)cs1)Cc1nnc(C2CC2)n1C1CC1. The Morgan fingerprint density at radius 3 is 2.44 bits per heavy atom. The highest BCUT2D eigenvalue weighted by atomic mass is 32.2. The van der Waals surface area contributed by atoms with E-state index in [9.17, 15) is 21.6 Å². The molecule has 11 heteroatoms. The second-order valence-corrected chi connectivity index (χ2v) is 9.51. The second-order valence-electron chi connectivity index (χ2n) is 6.51. The molecule has 2 aromatic rings. The maximum absolute atomic E-state index is 12.6. The zero-order chi connectivity index (χ0) is 17.8. The van der Waals surface area contributed by atoms with Crippen molar-refractivity contribution in [2.75, 3.05) is 0 Å². The van der Waals surface area contributed by atoms with Gasteiger partial charge in [-0.15, -0.1) is 21.5 Å². The van der Waals surface area contributed by atoms with E-state index in [0.717, 1.165) is 36.9 Å². The quantitative estimate of drug-likeness (QED) is 0.755. The maximum atomic E-state index is 12.6. The van der Waals surface area contributed by atoms with Crippen LogP contribution in [-0.2, 0) is 27.5 Å². The van der Waals surface area contributed by atoms with Crippen LogP contribution in [0.1, 0.15) is 60.0 Å². The fourth-order valence-electron chi connectivity index (χ4n) is 2.73. The highest BCUT2D eigenvalue weighted by Crippen LogP contribution is 2.45. The van der Waals surface area contributed by atoms with Gasteiger partial charge in [-0.1, -0.05) is 0 Å². The van der Waals surface area contributed by atoms with Crippen LogP contribution >= 0.6 is 11.3 Å². The van der Waals surface area contributed by atoms with Gasteiger partial charge in [-0.2, -0.15) is 13.2 Å². The summed E-state index contributed by atoms with van der Waals surface area (Å²) in [5.41, 5.74) is -1.06. The lowest BCUT2D eigenvalue weighted by atomic mass is 10.4. The number of alkyl halides is 3. The van der Waals surface area contributed by atoms with Crippen LogP contribution in [0, 0.1) is 0 Å². The van der Waals surface area contributed by atoms with Crippen LogP contribution in [-0.4, -0.2) is 28.2 Å². The largest absolute Gasteiger partial charge is 0.434 e. The molecule has 136 valence electrons. The Morgan fingerprint density at radius 1 is 1.16 bits per heavy atom. The smallest absolute Gasteiger partial charge is 0.311 e. The van der Waals surface area contributed by atoms with Crippen LogP contribution in [0.2, 0.25) is 0 Å². The van der Waals surface area contributed by atoms with Crippen molar-refractivity contribution in [2.45, 2.75) is 55.3 Å². The number of sulfone groups is 1.